The van der Waals surface area contributed by atoms with Gasteiger partial charge in [0.15, 0.2) is 0 Å². The quantitative estimate of drug-likeness (QED) is 0.652. The van der Waals surface area contributed by atoms with Gasteiger partial charge in [0.05, 0.1) is 5.69 Å². The molecule has 0 unspecified atom stereocenters. The first-order chi connectivity index (χ1) is 11.1. The Labute approximate surface area is 144 Å². The van der Waals surface area contributed by atoms with Crippen molar-refractivity contribution >= 4 is 38.9 Å². The smallest absolute Gasteiger partial charge is 0.136 e. The number of rotatable bonds is 4. The molecule has 0 aliphatic heterocycles. The predicted molar refractivity (Wildman–Crippen MR) is 98.7 cm³/mol. The van der Waals surface area contributed by atoms with Crippen molar-refractivity contribution in [2.45, 2.75) is 13.8 Å². The van der Waals surface area contributed by atoms with Gasteiger partial charge in [-0.2, -0.15) is 0 Å². The minimum Gasteiger partial charge on any atom is -0.340 e. The van der Waals surface area contributed by atoms with Crippen LogP contribution < -0.4 is 10.6 Å². The van der Waals surface area contributed by atoms with E-state index < -0.39 is 0 Å². The van der Waals surface area contributed by atoms with Crippen LogP contribution in [0.2, 0.25) is 0 Å². The second kappa shape index (κ2) is 6.79. The summed E-state index contributed by atoms with van der Waals surface area (Å²) in [7, 11) is 0. The summed E-state index contributed by atoms with van der Waals surface area (Å²) in [6.07, 6.45) is 0. The third-order valence-electron chi connectivity index (χ3n) is 3.27. The monoisotopic (exact) mass is 368 g/mol. The molecule has 0 bridgehead atoms. The summed E-state index contributed by atoms with van der Waals surface area (Å²) >= 11 is 3.57. The van der Waals surface area contributed by atoms with Crippen molar-refractivity contribution < 1.29 is 0 Å². The summed E-state index contributed by atoms with van der Waals surface area (Å²) in [6.45, 7) is 3.94. The molecule has 2 N–H and O–H groups in total. The van der Waals surface area contributed by atoms with Crippen molar-refractivity contribution in [3.8, 4) is 0 Å². The van der Waals surface area contributed by atoms with Crippen LogP contribution in [0.25, 0.3) is 0 Å². The minimum atomic E-state index is 0.705. The van der Waals surface area contributed by atoms with E-state index >= 15 is 0 Å². The fraction of sp³-hybridized carbons (Fsp3) is 0.111. The topological polar surface area (TPSA) is 49.8 Å². The molecular weight excluding hydrogens is 352 g/mol. The average molecular weight is 369 g/mol. The summed E-state index contributed by atoms with van der Waals surface area (Å²) in [5, 5.41) is 6.62. The fourth-order valence-electron chi connectivity index (χ4n) is 2.22. The molecule has 0 spiro atoms. The highest BCUT2D eigenvalue weighted by Crippen LogP contribution is 2.27. The van der Waals surface area contributed by atoms with Gasteiger partial charge >= 0.3 is 0 Å². The lowest BCUT2D eigenvalue weighted by Crippen LogP contribution is -2.01. The van der Waals surface area contributed by atoms with Crippen molar-refractivity contribution in [2.75, 3.05) is 10.6 Å². The van der Waals surface area contributed by atoms with Crippen molar-refractivity contribution in [3.63, 3.8) is 0 Å². The van der Waals surface area contributed by atoms with E-state index in [4.69, 9.17) is 0 Å². The number of anilines is 4. The van der Waals surface area contributed by atoms with Crippen LogP contribution in [-0.4, -0.2) is 9.97 Å². The van der Waals surface area contributed by atoms with Gasteiger partial charge in [-0.15, -0.1) is 0 Å². The van der Waals surface area contributed by atoms with Gasteiger partial charge in [0.1, 0.15) is 17.5 Å². The molecule has 116 valence electrons. The highest BCUT2D eigenvalue weighted by Gasteiger charge is 2.05. The molecule has 3 aromatic rings. The Bertz CT molecular complexity index is 819. The average Bonchev–Trinajstić information content (AvgIpc) is 2.50. The third kappa shape index (κ3) is 4.07. The molecule has 0 aliphatic rings. The maximum Gasteiger partial charge on any atom is 0.136 e. The molecule has 0 saturated heterocycles. The molecule has 0 aliphatic carbocycles. The van der Waals surface area contributed by atoms with Crippen LogP contribution in [0.3, 0.4) is 0 Å². The van der Waals surface area contributed by atoms with Crippen molar-refractivity contribution in [1.82, 2.24) is 9.97 Å². The van der Waals surface area contributed by atoms with Crippen LogP contribution in [0.5, 0.6) is 0 Å². The van der Waals surface area contributed by atoms with E-state index in [1.54, 1.807) is 0 Å². The fourth-order valence-corrected chi connectivity index (χ4v) is 2.82. The first-order valence-electron chi connectivity index (χ1n) is 7.31. The summed E-state index contributed by atoms with van der Waals surface area (Å²) in [4.78, 5) is 8.88. The molecule has 3 rings (SSSR count). The van der Waals surface area contributed by atoms with E-state index in [0.29, 0.717) is 5.82 Å². The Morgan fingerprint density at radius 2 is 1.52 bits per heavy atom. The largest absolute Gasteiger partial charge is 0.340 e. The Morgan fingerprint density at radius 3 is 2.22 bits per heavy atom. The van der Waals surface area contributed by atoms with Crippen LogP contribution in [0.15, 0.2) is 59.1 Å². The van der Waals surface area contributed by atoms with Gasteiger partial charge in [0.2, 0.25) is 0 Å². The maximum atomic E-state index is 4.45. The number of halogens is 1. The lowest BCUT2D eigenvalue weighted by Gasteiger charge is -2.11. The predicted octanol–water partition coefficient (Wildman–Crippen LogP) is 5.34. The summed E-state index contributed by atoms with van der Waals surface area (Å²) in [6, 6.07) is 18.0. The summed E-state index contributed by atoms with van der Waals surface area (Å²) in [5.74, 6) is 2.21. The number of aryl methyl sites for hydroxylation is 2. The van der Waals surface area contributed by atoms with Crippen LogP contribution in [0.4, 0.5) is 23.0 Å². The molecule has 0 atom stereocenters. The van der Waals surface area contributed by atoms with Gasteiger partial charge in [0.25, 0.3) is 0 Å². The zero-order valence-corrected chi connectivity index (χ0v) is 14.6. The summed E-state index contributed by atoms with van der Waals surface area (Å²) < 4.78 is 1.01. The second-order valence-electron chi connectivity index (χ2n) is 5.28. The van der Waals surface area contributed by atoms with Gasteiger partial charge < -0.3 is 10.6 Å². The van der Waals surface area contributed by atoms with Crippen molar-refractivity contribution in [2.24, 2.45) is 0 Å². The van der Waals surface area contributed by atoms with Crippen molar-refractivity contribution in [1.29, 1.82) is 0 Å². The van der Waals surface area contributed by atoms with E-state index in [9.17, 15) is 0 Å². The van der Waals surface area contributed by atoms with Gasteiger partial charge in [-0.05, 0) is 59.6 Å². The van der Waals surface area contributed by atoms with Gasteiger partial charge in [-0.3, -0.25) is 0 Å². The number of hydrogen-bond donors (Lipinski definition) is 2. The zero-order chi connectivity index (χ0) is 16.2. The van der Waals surface area contributed by atoms with Gasteiger partial charge in [-0.1, -0.05) is 24.3 Å². The van der Waals surface area contributed by atoms with E-state index in [2.05, 4.69) is 55.6 Å². The first-order valence-corrected chi connectivity index (χ1v) is 8.10. The van der Waals surface area contributed by atoms with Crippen molar-refractivity contribution in [3.05, 3.63) is 70.5 Å². The Balaban J connectivity index is 1.85. The molecule has 2 aromatic carbocycles. The molecular formula is C18H17BrN4. The standard InChI is InChI=1S/C18H17BrN4/c1-12-8-9-16(15(19)10-12)23-18-11-17(20-13(2)21-18)22-14-6-4-3-5-7-14/h3-11H,1-2H3,(H2,20,21,22,23). The highest BCUT2D eigenvalue weighted by atomic mass is 79.9. The van der Waals surface area contributed by atoms with Gasteiger partial charge in [-0.25, -0.2) is 9.97 Å². The third-order valence-corrected chi connectivity index (χ3v) is 3.93. The first kappa shape index (κ1) is 15.5. The Hall–Kier alpha value is -2.40. The number of nitrogens with one attached hydrogen (secondary N) is 2. The molecule has 0 fully saturated rings. The maximum absolute atomic E-state index is 4.45. The number of benzene rings is 2. The minimum absolute atomic E-state index is 0.705. The highest BCUT2D eigenvalue weighted by molar-refractivity contribution is 9.10. The second-order valence-corrected chi connectivity index (χ2v) is 6.14. The molecule has 0 radical (unpaired) electrons. The van der Waals surface area contributed by atoms with E-state index in [0.717, 1.165) is 27.5 Å². The lowest BCUT2D eigenvalue weighted by atomic mass is 10.2. The van der Waals surface area contributed by atoms with Gasteiger partial charge in [0, 0.05) is 16.2 Å². The lowest BCUT2D eigenvalue weighted by molar-refractivity contribution is 1.06. The number of nitrogens with zero attached hydrogens (tertiary/aromatic N) is 2. The molecule has 0 amide bonds. The number of aromatic nitrogens is 2. The molecule has 0 saturated carbocycles. The molecule has 4 nitrogen and oxygen atoms in total. The normalized spacial score (nSPS) is 10.4. The molecule has 5 heteroatoms. The Morgan fingerprint density at radius 1 is 0.826 bits per heavy atom. The van der Waals surface area contributed by atoms with Crippen LogP contribution >= 0.6 is 15.9 Å². The van der Waals surface area contributed by atoms with Crippen LogP contribution in [0, 0.1) is 13.8 Å². The molecule has 23 heavy (non-hydrogen) atoms. The molecule has 1 heterocycles. The van der Waals surface area contributed by atoms with E-state index in [1.807, 2.05) is 49.4 Å². The Kier molecular flexibility index (Phi) is 4.57. The van der Waals surface area contributed by atoms with Crippen LogP contribution in [-0.2, 0) is 0 Å². The zero-order valence-electron chi connectivity index (χ0n) is 13.0. The van der Waals surface area contributed by atoms with E-state index in [-0.39, 0.29) is 0 Å². The molecule has 1 aromatic heterocycles. The SMILES string of the molecule is Cc1ccc(Nc2cc(Nc3ccccc3)nc(C)n2)c(Br)c1. The summed E-state index contributed by atoms with van der Waals surface area (Å²) in [5.41, 5.74) is 3.17. The van der Waals surface area contributed by atoms with E-state index in [1.165, 1.54) is 5.56 Å². The number of para-hydroxylation sites is 1. The van der Waals surface area contributed by atoms with Crippen LogP contribution in [0.1, 0.15) is 11.4 Å². The number of hydrogen-bond acceptors (Lipinski definition) is 4.